The van der Waals surface area contributed by atoms with Gasteiger partial charge in [0.2, 0.25) is 12.7 Å². The van der Waals surface area contributed by atoms with Crippen LogP contribution in [-0.4, -0.2) is 33.1 Å². The van der Waals surface area contributed by atoms with Crippen molar-refractivity contribution in [1.29, 1.82) is 0 Å². The topological polar surface area (TPSA) is 79.4 Å². The molecule has 2 aromatic carbocycles. The van der Waals surface area contributed by atoms with Crippen molar-refractivity contribution in [3.8, 4) is 23.0 Å². The number of Topliss-reactive ketones (excluding diaryl/α,β-unsaturated/α-hetero) is 1. The first-order chi connectivity index (χ1) is 16.0. The monoisotopic (exact) mass is 461 g/mol. The van der Waals surface area contributed by atoms with Gasteiger partial charge >= 0.3 is 0 Å². The number of carbonyl (C=O) groups is 1. The lowest BCUT2D eigenvalue weighted by atomic mass is 10.1. The second-order valence-electron chi connectivity index (χ2n) is 7.89. The van der Waals surface area contributed by atoms with E-state index in [-0.39, 0.29) is 24.4 Å². The van der Waals surface area contributed by atoms with E-state index in [9.17, 15) is 4.79 Å². The summed E-state index contributed by atoms with van der Waals surface area (Å²) >= 11 is 1.24. The van der Waals surface area contributed by atoms with Gasteiger partial charge in [0.15, 0.2) is 17.3 Å². The predicted molar refractivity (Wildman–Crippen MR) is 125 cm³/mol. The molecule has 0 unspecified atom stereocenters. The van der Waals surface area contributed by atoms with Crippen LogP contribution in [0, 0.1) is 13.8 Å². The Morgan fingerprint density at radius 2 is 1.85 bits per heavy atom. The first-order valence-electron chi connectivity index (χ1n) is 10.6. The van der Waals surface area contributed by atoms with Crippen molar-refractivity contribution in [2.45, 2.75) is 32.0 Å². The summed E-state index contributed by atoms with van der Waals surface area (Å²) < 4.78 is 18.7. The van der Waals surface area contributed by atoms with E-state index in [2.05, 4.69) is 33.8 Å². The number of fused-ring (bicyclic) bond motifs is 1. The number of thioether (sulfide) groups is 1. The lowest BCUT2D eigenvalue weighted by molar-refractivity contribution is 0.102. The maximum atomic E-state index is 13.0. The highest BCUT2D eigenvalue weighted by Gasteiger charge is 2.21. The van der Waals surface area contributed by atoms with Gasteiger partial charge in [-0.1, -0.05) is 42.1 Å². The molecule has 168 valence electrons. The molecule has 0 saturated carbocycles. The average molecular weight is 462 g/mol. The Hall–Kier alpha value is -3.52. The fourth-order valence-electron chi connectivity index (χ4n) is 4.16. The Balaban J connectivity index is 1.28. The molecular formula is C25H23N3O4S. The van der Waals surface area contributed by atoms with E-state index >= 15 is 0 Å². The van der Waals surface area contributed by atoms with Crippen LogP contribution in [0.2, 0.25) is 0 Å². The fraction of sp³-hybridized carbons (Fsp3) is 0.240. The molecule has 1 aliphatic heterocycles. The summed E-state index contributed by atoms with van der Waals surface area (Å²) in [7, 11) is 0. The normalized spacial score (nSPS) is 13.3. The van der Waals surface area contributed by atoms with Gasteiger partial charge in [0, 0.05) is 22.5 Å². The second-order valence-corrected chi connectivity index (χ2v) is 8.82. The molecule has 0 amide bonds. The van der Waals surface area contributed by atoms with E-state index in [0.29, 0.717) is 22.6 Å². The number of aromatic nitrogens is 3. The number of aryl methyl sites for hydroxylation is 1. The van der Waals surface area contributed by atoms with E-state index < -0.39 is 0 Å². The summed E-state index contributed by atoms with van der Waals surface area (Å²) in [6, 6.07) is 17.8. The molecule has 5 rings (SSSR count). The third-order valence-electron chi connectivity index (χ3n) is 5.81. The van der Waals surface area contributed by atoms with Gasteiger partial charge < -0.3 is 18.5 Å². The highest BCUT2D eigenvalue weighted by molar-refractivity contribution is 7.99. The minimum atomic E-state index is 0.0300. The molecule has 4 aromatic rings. The van der Waals surface area contributed by atoms with Crippen LogP contribution in [-0.2, 0) is 0 Å². The minimum Gasteiger partial charge on any atom is -0.454 e. The van der Waals surface area contributed by atoms with E-state index in [1.165, 1.54) is 17.3 Å². The zero-order chi connectivity index (χ0) is 22.9. The number of rotatable bonds is 7. The highest BCUT2D eigenvalue weighted by Crippen LogP contribution is 2.36. The SMILES string of the molecule is Cc1cc(C(=O)CSc2nnc(-c3ccc4c(c3)OCO4)o2)c(C)n1[C@@H](C)c1ccccc1. The first kappa shape index (κ1) is 21.3. The van der Waals surface area contributed by atoms with E-state index in [1.807, 2.05) is 50.2 Å². The van der Waals surface area contributed by atoms with Crippen LogP contribution in [0.15, 0.2) is 64.2 Å². The molecule has 0 aliphatic carbocycles. The lowest BCUT2D eigenvalue weighted by Crippen LogP contribution is -2.11. The van der Waals surface area contributed by atoms with E-state index in [1.54, 1.807) is 6.07 Å². The van der Waals surface area contributed by atoms with Gasteiger partial charge in [0.25, 0.3) is 5.22 Å². The van der Waals surface area contributed by atoms with Crippen LogP contribution in [0.1, 0.15) is 40.3 Å². The number of ketones is 1. The van der Waals surface area contributed by atoms with Gasteiger partial charge in [-0.05, 0) is 50.6 Å². The maximum absolute atomic E-state index is 13.0. The largest absolute Gasteiger partial charge is 0.454 e. The van der Waals surface area contributed by atoms with Gasteiger partial charge in [-0.25, -0.2) is 0 Å². The van der Waals surface area contributed by atoms with Crippen molar-refractivity contribution >= 4 is 17.5 Å². The maximum Gasteiger partial charge on any atom is 0.277 e. The minimum absolute atomic E-state index is 0.0300. The van der Waals surface area contributed by atoms with E-state index in [4.69, 9.17) is 13.9 Å². The van der Waals surface area contributed by atoms with Crippen LogP contribution in [0.4, 0.5) is 0 Å². The smallest absolute Gasteiger partial charge is 0.277 e. The van der Waals surface area contributed by atoms with Crippen LogP contribution in [0.5, 0.6) is 11.5 Å². The van der Waals surface area contributed by atoms with Gasteiger partial charge in [0.1, 0.15) is 0 Å². The summed E-state index contributed by atoms with van der Waals surface area (Å²) in [6.45, 7) is 6.38. The summed E-state index contributed by atoms with van der Waals surface area (Å²) in [6.07, 6.45) is 0. The lowest BCUT2D eigenvalue weighted by Gasteiger charge is -2.19. The molecule has 3 heterocycles. The van der Waals surface area contributed by atoms with Crippen molar-refractivity contribution < 1.29 is 18.7 Å². The summed E-state index contributed by atoms with van der Waals surface area (Å²) in [5, 5.41) is 8.54. The van der Waals surface area contributed by atoms with Gasteiger partial charge in [-0.3, -0.25) is 4.79 Å². The van der Waals surface area contributed by atoms with Crippen molar-refractivity contribution in [2.75, 3.05) is 12.5 Å². The quantitative estimate of drug-likeness (QED) is 0.267. The zero-order valence-corrected chi connectivity index (χ0v) is 19.4. The molecular weight excluding hydrogens is 438 g/mol. The molecule has 8 heteroatoms. The molecule has 1 aliphatic rings. The summed E-state index contributed by atoms with van der Waals surface area (Å²) in [4.78, 5) is 13.0. The third kappa shape index (κ3) is 4.14. The van der Waals surface area contributed by atoms with Crippen molar-refractivity contribution in [3.63, 3.8) is 0 Å². The first-order valence-corrected chi connectivity index (χ1v) is 11.6. The number of nitrogens with zero attached hydrogens (tertiary/aromatic N) is 3. The second kappa shape index (κ2) is 8.78. The molecule has 0 bridgehead atoms. The number of ether oxygens (including phenoxy) is 2. The summed E-state index contributed by atoms with van der Waals surface area (Å²) in [5.74, 6) is 1.96. The Bertz CT molecular complexity index is 1310. The highest BCUT2D eigenvalue weighted by atomic mass is 32.2. The molecule has 1 atom stereocenters. The summed E-state index contributed by atoms with van der Waals surface area (Å²) in [5.41, 5.74) is 4.68. The molecule has 0 fully saturated rings. The Morgan fingerprint density at radius 3 is 2.67 bits per heavy atom. The molecule has 0 radical (unpaired) electrons. The fourth-order valence-corrected chi connectivity index (χ4v) is 4.80. The van der Waals surface area contributed by atoms with Crippen molar-refractivity contribution in [2.24, 2.45) is 0 Å². The van der Waals surface area contributed by atoms with Crippen molar-refractivity contribution in [1.82, 2.24) is 14.8 Å². The molecule has 0 spiro atoms. The number of benzene rings is 2. The van der Waals surface area contributed by atoms with Crippen LogP contribution < -0.4 is 9.47 Å². The van der Waals surface area contributed by atoms with Gasteiger partial charge in [-0.15, -0.1) is 10.2 Å². The molecule has 0 N–H and O–H groups in total. The molecule has 0 saturated heterocycles. The van der Waals surface area contributed by atoms with Crippen LogP contribution in [0.3, 0.4) is 0 Å². The van der Waals surface area contributed by atoms with Gasteiger partial charge in [-0.2, -0.15) is 0 Å². The number of hydrogen-bond donors (Lipinski definition) is 0. The average Bonchev–Trinajstić information content (AvgIpc) is 3.56. The van der Waals surface area contributed by atoms with E-state index in [0.717, 1.165) is 22.5 Å². The van der Waals surface area contributed by atoms with Gasteiger partial charge in [0.05, 0.1) is 11.8 Å². The van der Waals surface area contributed by atoms with Crippen LogP contribution >= 0.6 is 11.8 Å². The number of hydrogen-bond acceptors (Lipinski definition) is 7. The molecule has 7 nitrogen and oxygen atoms in total. The Morgan fingerprint density at radius 1 is 1.06 bits per heavy atom. The zero-order valence-electron chi connectivity index (χ0n) is 18.6. The van der Waals surface area contributed by atoms with Crippen LogP contribution in [0.25, 0.3) is 11.5 Å². The predicted octanol–water partition coefficient (Wildman–Crippen LogP) is 5.47. The molecule has 33 heavy (non-hydrogen) atoms. The molecule has 2 aromatic heterocycles. The van der Waals surface area contributed by atoms with Crippen molar-refractivity contribution in [3.05, 3.63) is 77.1 Å². The Labute approximate surface area is 195 Å². The standard InChI is InChI=1S/C25H23N3O4S/c1-15-11-20(17(3)28(15)16(2)18-7-5-4-6-8-18)21(29)13-33-25-27-26-24(32-25)19-9-10-22-23(12-19)31-14-30-22/h4-12,16H,13-14H2,1-3H3/t16-/m0/s1. The third-order valence-corrected chi connectivity index (χ3v) is 6.63. The number of carbonyl (C=O) groups excluding carboxylic acids is 1. The Kier molecular flexibility index (Phi) is 5.68.